The molecule has 0 saturated heterocycles. The summed E-state index contributed by atoms with van der Waals surface area (Å²) in [4.78, 5) is 17.0. The van der Waals surface area contributed by atoms with Gasteiger partial charge in [0.25, 0.3) is 5.91 Å². The Morgan fingerprint density at radius 3 is 2.65 bits per heavy atom. The van der Waals surface area contributed by atoms with E-state index in [1.54, 1.807) is 6.20 Å². The number of aryl methyl sites for hydroxylation is 1. The Morgan fingerprint density at radius 2 is 2.05 bits per heavy atom. The highest BCUT2D eigenvalue weighted by Crippen LogP contribution is 2.19. The second-order valence-electron chi connectivity index (χ2n) is 4.95. The number of rotatable bonds is 4. The molecule has 4 nitrogen and oxygen atoms in total. The Hall–Kier alpha value is -0.360. The second-order valence-corrected chi connectivity index (χ2v) is 6.07. The Morgan fingerprint density at radius 1 is 1.40 bits per heavy atom. The van der Waals surface area contributed by atoms with Crippen LogP contribution in [0, 0.1) is 0 Å². The van der Waals surface area contributed by atoms with Crippen LogP contribution in [0.2, 0.25) is 0 Å². The number of carbonyl (C=O) groups excluding carboxylic acids is 1. The molecule has 116 valence electrons. The van der Waals surface area contributed by atoms with Gasteiger partial charge >= 0.3 is 0 Å². The zero-order valence-electron chi connectivity index (χ0n) is 11.6. The van der Waals surface area contributed by atoms with Gasteiger partial charge in [-0.2, -0.15) is 0 Å². The largest absolute Gasteiger partial charge is 0.349 e. The van der Waals surface area contributed by atoms with Crippen LogP contribution in [0.5, 0.6) is 0 Å². The fraction of sp³-hybridized carbons (Fsp3) is 0.692. The highest BCUT2D eigenvalue weighted by Gasteiger charge is 2.21. The molecule has 0 atom stereocenters. The lowest BCUT2D eigenvalue weighted by Crippen LogP contribution is -2.40. The van der Waals surface area contributed by atoms with E-state index >= 15 is 0 Å². The van der Waals surface area contributed by atoms with E-state index in [0.29, 0.717) is 6.04 Å². The first-order valence-electron chi connectivity index (χ1n) is 6.70. The van der Waals surface area contributed by atoms with Crippen molar-refractivity contribution in [3.05, 3.63) is 16.1 Å². The van der Waals surface area contributed by atoms with Crippen LogP contribution in [0.3, 0.4) is 0 Å². The Labute approximate surface area is 136 Å². The van der Waals surface area contributed by atoms with E-state index in [-0.39, 0.29) is 36.8 Å². The van der Waals surface area contributed by atoms with Gasteiger partial charge in [0.1, 0.15) is 4.88 Å². The maximum atomic E-state index is 12.0. The summed E-state index contributed by atoms with van der Waals surface area (Å²) in [6.07, 6.45) is 7.72. The summed E-state index contributed by atoms with van der Waals surface area (Å²) >= 11 is 1.51. The van der Waals surface area contributed by atoms with Gasteiger partial charge in [-0.05, 0) is 38.5 Å². The standard InChI is InChI=1S/C13H21N3OS.2ClH/c1-2-3-12-15-8-11(18-12)13(17)16-10-6-4-9(14)5-7-10;;/h8-10H,2-7,14H2,1H3,(H,16,17);2*1H. The molecule has 1 fully saturated rings. The van der Waals surface area contributed by atoms with Crippen molar-refractivity contribution in [2.75, 3.05) is 0 Å². The summed E-state index contributed by atoms with van der Waals surface area (Å²) in [5.74, 6) is 0.0234. The summed E-state index contributed by atoms with van der Waals surface area (Å²) in [7, 11) is 0. The molecule has 1 saturated carbocycles. The quantitative estimate of drug-likeness (QED) is 0.885. The lowest BCUT2D eigenvalue weighted by Gasteiger charge is -2.26. The molecule has 0 aliphatic heterocycles. The third-order valence-electron chi connectivity index (χ3n) is 3.35. The average molecular weight is 340 g/mol. The smallest absolute Gasteiger partial charge is 0.263 e. The minimum absolute atomic E-state index is 0. The third kappa shape index (κ3) is 5.56. The lowest BCUT2D eigenvalue weighted by molar-refractivity contribution is 0.0930. The van der Waals surface area contributed by atoms with Crippen LogP contribution >= 0.6 is 36.2 Å². The third-order valence-corrected chi connectivity index (χ3v) is 4.40. The minimum atomic E-state index is 0. The molecule has 1 heterocycles. The first kappa shape index (κ1) is 19.6. The SMILES string of the molecule is CCCc1ncc(C(=O)NC2CCC(N)CC2)s1.Cl.Cl. The van der Waals surface area contributed by atoms with Crippen LogP contribution in [-0.2, 0) is 6.42 Å². The molecule has 0 unspecified atom stereocenters. The van der Waals surface area contributed by atoms with E-state index in [4.69, 9.17) is 5.73 Å². The molecule has 2 rings (SSSR count). The van der Waals surface area contributed by atoms with Gasteiger partial charge in [-0.3, -0.25) is 4.79 Å². The molecule has 3 N–H and O–H groups in total. The summed E-state index contributed by atoms with van der Waals surface area (Å²) < 4.78 is 0. The predicted octanol–water partition coefficient (Wildman–Crippen LogP) is 2.94. The topological polar surface area (TPSA) is 68.0 Å². The summed E-state index contributed by atoms with van der Waals surface area (Å²) in [5.41, 5.74) is 5.85. The van der Waals surface area contributed by atoms with Crippen molar-refractivity contribution in [3.63, 3.8) is 0 Å². The van der Waals surface area contributed by atoms with Crippen molar-refractivity contribution in [1.82, 2.24) is 10.3 Å². The number of aromatic nitrogens is 1. The van der Waals surface area contributed by atoms with Crippen molar-refractivity contribution in [2.45, 2.75) is 57.5 Å². The number of thiazole rings is 1. The van der Waals surface area contributed by atoms with Gasteiger partial charge in [-0.15, -0.1) is 36.2 Å². The Kier molecular flexibility index (Phi) is 9.38. The molecule has 1 aromatic rings. The molecule has 1 aromatic heterocycles. The molecular weight excluding hydrogens is 317 g/mol. The zero-order valence-corrected chi connectivity index (χ0v) is 14.1. The van der Waals surface area contributed by atoms with Gasteiger partial charge in [-0.25, -0.2) is 4.98 Å². The van der Waals surface area contributed by atoms with Crippen LogP contribution in [0.25, 0.3) is 0 Å². The highest BCUT2D eigenvalue weighted by atomic mass is 35.5. The van der Waals surface area contributed by atoms with Crippen molar-refractivity contribution in [1.29, 1.82) is 0 Å². The van der Waals surface area contributed by atoms with Gasteiger partial charge in [0, 0.05) is 12.1 Å². The molecule has 1 aliphatic rings. The van der Waals surface area contributed by atoms with Crippen molar-refractivity contribution >= 4 is 42.1 Å². The van der Waals surface area contributed by atoms with E-state index in [2.05, 4.69) is 17.2 Å². The maximum absolute atomic E-state index is 12.0. The van der Waals surface area contributed by atoms with E-state index in [9.17, 15) is 4.79 Å². The summed E-state index contributed by atoms with van der Waals surface area (Å²) in [6, 6.07) is 0.603. The lowest BCUT2D eigenvalue weighted by atomic mass is 9.92. The number of nitrogens with one attached hydrogen (secondary N) is 1. The summed E-state index contributed by atoms with van der Waals surface area (Å²) in [5, 5.41) is 4.14. The van der Waals surface area contributed by atoms with Crippen molar-refractivity contribution in [3.8, 4) is 0 Å². The highest BCUT2D eigenvalue weighted by molar-refractivity contribution is 7.13. The monoisotopic (exact) mass is 339 g/mol. The predicted molar refractivity (Wildman–Crippen MR) is 88.3 cm³/mol. The minimum Gasteiger partial charge on any atom is -0.349 e. The number of hydrogen-bond donors (Lipinski definition) is 2. The van der Waals surface area contributed by atoms with Gasteiger partial charge in [0.15, 0.2) is 0 Å². The number of halogens is 2. The molecule has 20 heavy (non-hydrogen) atoms. The fourth-order valence-corrected chi connectivity index (χ4v) is 3.19. The van der Waals surface area contributed by atoms with E-state index in [1.165, 1.54) is 11.3 Å². The number of nitrogens with zero attached hydrogens (tertiary/aromatic N) is 1. The molecule has 0 aromatic carbocycles. The van der Waals surface area contributed by atoms with Gasteiger partial charge in [-0.1, -0.05) is 6.92 Å². The first-order chi connectivity index (χ1) is 8.69. The maximum Gasteiger partial charge on any atom is 0.263 e. The van der Waals surface area contributed by atoms with Crippen molar-refractivity contribution < 1.29 is 4.79 Å². The number of hydrogen-bond acceptors (Lipinski definition) is 4. The van der Waals surface area contributed by atoms with Crippen LogP contribution in [0.4, 0.5) is 0 Å². The average Bonchev–Trinajstić information content (AvgIpc) is 2.81. The Bertz CT molecular complexity index is 406. The van der Waals surface area contributed by atoms with E-state index in [1.807, 2.05) is 0 Å². The van der Waals surface area contributed by atoms with Crippen LogP contribution in [0.1, 0.15) is 53.7 Å². The molecule has 0 radical (unpaired) electrons. The molecule has 1 aliphatic carbocycles. The van der Waals surface area contributed by atoms with Crippen LogP contribution in [0.15, 0.2) is 6.20 Å². The van der Waals surface area contributed by atoms with Crippen LogP contribution < -0.4 is 11.1 Å². The Balaban J connectivity index is 0.00000180. The number of amides is 1. The summed E-state index contributed by atoms with van der Waals surface area (Å²) in [6.45, 7) is 2.12. The molecule has 0 bridgehead atoms. The molecule has 1 amide bonds. The number of carbonyl (C=O) groups is 1. The number of nitrogens with two attached hydrogens (primary N) is 1. The van der Waals surface area contributed by atoms with E-state index in [0.717, 1.165) is 48.4 Å². The molecule has 0 spiro atoms. The normalized spacial score (nSPS) is 21.5. The van der Waals surface area contributed by atoms with Gasteiger partial charge in [0.05, 0.1) is 11.2 Å². The second kappa shape index (κ2) is 9.55. The molecule has 7 heteroatoms. The van der Waals surface area contributed by atoms with Gasteiger partial charge in [0.2, 0.25) is 0 Å². The zero-order chi connectivity index (χ0) is 13.0. The van der Waals surface area contributed by atoms with Gasteiger partial charge < -0.3 is 11.1 Å². The first-order valence-corrected chi connectivity index (χ1v) is 7.52. The fourth-order valence-electron chi connectivity index (χ4n) is 2.26. The van der Waals surface area contributed by atoms with E-state index < -0.39 is 0 Å². The molecular formula is C13H23Cl2N3OS. The van der Waals surface area contributed by atoms with Crippen molar-refractivity contribution in [2.24, 2.45) is 5.73 Å². The van der Waals surface area contributed by atoms with Crippen LogP contribution in [-0.4, -0.2) is 23.0 Å².